The number of nitriles is 1. The van der Waals surface area contributed by atoms with Crippen molar-refractivity contribution in [3.05, 3.63) is 100 Å². The Morgan fingerprint density at radius 1 is 1.06 bits per heavy atom. The van der Waals surface area contributed by atoms with Crippen molar-refractivity contribution < 1.29 is 19.1 Å². The van der Waals surface area contributed by atoms with Crippen molar-refractivity contribution in [1.29, 1.82) is 5.26 Å². The van der Waals surface area contributed by atoms with Gasteiger partial charge in [0.15, 0.2) is 0 Å². The highest BCUT2D eigenvalue weighted by Crippen LogP contribution is 2.45. The summed E-state index contributed by atoms with van der Waals surface area (Å²) in [6, 6.07) is 17.5. The number of rotatable bonds is 5. The van der Waals surface area contributed by atoms with Gasteiger partial charge in [-0.15, -0.1) is 0 Å². The largest absolute Gasteiger partial charge is 0.466 e. The van der Waals surface area contributed by atoms with Gasteiger partial charge in [-0.25, -0.2) is 14.3 Å². The smallest absolute Gasteiger partial charge is 0.355 e. The minimum atomic E-state index is -0.966. The van der Waals surface area contributed by atoms with Gasteiger partial charge < -0.3 is 15.2 Å². The van der Waals surface area contributed by atoms with E-state index in [0.717, 1.165) is 0 Å². The number of hydrogen-bond acceptors (Lipinski definition) is 8. The Hall–Kier alpha value is -4.55. The fraction of sp³-hybridized carbons (Fsp3) is 0.120. The quantitative estimate of drug-likeness (QED) is 0.541. The van der Waals surface area contributed by atoms with Gasteiger partial charge in [-0.1, -0.05) is 48.0 Å². The molecule has 0 amide bonds. The number of benzene rings is 2. The van der Waals surface area contributed by atoms with Crippen LogP contribution in [0.2, 0.25) is 5.02 Å². The number of ether oxygens (including phenoxy) is 2. The molecule has 1 aromatic heterocycles. The summed E-state index contributed by atoms with van der Waals surface area (Å²) in [6.45, 7) is 0. The third-order valence-electron chi connectivity index (χ3n) is 5.55. The SMILES string of the molecule is COC(=O)C1=C(C(=O)OC)N(c2cccc(Cl)c2-n2cccn2)C(N)=C(C#N)C1c1ccccc1. The van der Waals surface area contributed by atoms with Gasteiger partial charge in [-0.2, -0.15) is 10.4 Å². The second-order valence-electron chi connectivity index (χ2n) is 7.39. The maximum Gasteiger partial charge on any atom is 0.355 e. The van der Waals surface area contributed by atoms with E-state index in [-0.39, 0.29) is 22.7 Å². The van der Waals surface area contributed by atoms with Gasteiger partial charge in [0.1, 0.15) is 17.2 Å². The fourth-order valence-electron chi connectivity index (χ4n) is 4.08. The van der Waals surface area contributed by atoms with Crippen LogP contribution in [0.25, 0.3) is 5.69 Å². The molecule has 2 heterocycles. The minimum Gasteiger partial charge on any atom is -0.466 e. The molecule has 4 rings (SSSR count). The van der Waals surface area contributed by atoms with Gasteiger partial charge in [-0.05, 0) is 23.8 Å². The maximum atomic E-state index is 13.2. The molecule has 10 heteroatoms. The number of hydrogen-bond donors (Lipinski definition) is 1. The molecule has 1 aliphatic rings. The number of esters is 2. The highest BCUT2D eigenvalue weighted by Gasteiger charge is 2.43. The predicted octanol–water partition coefficient (Wildman–Crippen LogP) is 3.42. The number of para-hydroxylation sites is 1. The predicted molar refractivity (Wildman–Crippen MR) is 128 cm³/mol. The van der Waals surface area contributed by atoms with Gasteiger partial charge >= 0.3 is 11.9 Å². The Labute approximate surface area is 206 Å². The first-order valence-corrected chi connectivity index (χ1v) is 10.8. The number of carbonyl (C=O) groups is 2. The zero-order valence-corrected chi connectivity index (χ0v) is 19.6. The van der Waals surface area contributed by atoms with E-state index in [9.17, 15) is 14.9 Å². The third-order valence-corrected chi connectivity index (χ3v) is 5.86. The molecule has 0 spiro atoms. The molecule has 0 bridgehead atoms. The number of halogens is 1. The number of carbonyl (C=O) groups excluding carboxylic acids is 2. The first-order chi connectivity index (χ1) is 16.9. The molecule has 1 atom stereocenters. The molecule has 0 fully saturated rings. The molecule has 0 aliphatic carbocycles. The first-order valence-electron chi connectivity index (χ1n) is 10.4. The van der Waals surface area contributed by atoms with Crippen molar-refractivity contribution in [1.82, 2.24) is 9.78 Å². The summed E-state index contributed by atoms with van der Waals surface area (Å²) < 4.78 is 11.6. The molecule has 176 valence electrons. The van der Waals surface area contributed by atoms with E-state index in [1.54, 1.807) is 67.0 Å². The van der Waals surface area contributed by atoms with Crippen LogP contribution in [-0.4, -0.2) is 35.9 Å². The van der Waals surface area contributed by atoms with Crippen LogP contribution in [0.5, 0.6) is 0 Å². The fourth-order valence-corrected chi connectivity index (χ4v) is 4.33. The number of anilines is 1. The Kier molecular flexibility index (Phi) is 6.57. The number of aromatic nitrogens is 2. The Balaban J connectivity index is 2.12. The number of methoxy groups -OCH3 is 2. The lowest BCUT2D eigenvalue weighted by Crippen LogP contribution is -2.41. The summed E-state index contributed by atoms with van der Waals surface area (Å²) in [5, 5.41) is 14.7. The molecular formula is C25H20ClN5O4. The van der Waals surface area contributed by atoms with E-state index in [1.807, 2.05) is 0 Å². The molecule has 0 saturated heterocycles. The number of nitrogens with two attached hydrogens (primary N) is 1. The second kappa shape index (κ2) is 9.75. The van der Waals surface area contributed by atoms with E-state index in [4.69, 9.17) is 26.8 Å². The summed E-state index contributed by atoms with van der Waals surface area (Å²) >= 11 is 6.54. The molecule has 1 aliphatic heterocycles. The molecule has 9 nitrogen and oxygen atoms in total. The van der Waals surface area contributed by atoms with E-state index in [2.05, 4.69) is 11.2 Å². The van der Waals surface area contributed by atoms with Crippen LogP contribution in [0.15, 0.2) is 89.7 Å². The van der Waals surface area contributed by atoms with Crippen molar-refractivity contribution in [2.24, 2.45) is 5.73 Å². The molecule has 2 aromatic carbocycles. The average molecular weight is 490 g/mol. The summed E-state index contributed by atoms with van der Waals surface area (Å²) in [5.41, 5.74) is 7.59. The Morgan fingerprint density at radius 2 is 1.77 bits per heavy atom. The summed E-state index contributed by atoms with van der Waals surface area (Å²) in [7, 11) is 2.38. The summed E-state index contributed by atoms with van der Waals surface area (Å²) in [5.74, 6) is -2.69. The highest BCUT2D eigenvalue weighted by molar-refractivity contribution is 6.33. The molecule has 3 aromatic rings. The molecule has 0 radical (unpaired) electrons. The number of nitrogens with zero attached hydrogens (tertiary/aromatic N) is 4. The zero-order chi connectivity index (χ0) is 25.1. The Morgan fingerprint density at radius 3 is 2.37 bits per heavy atom. The molecule has 1 unspecified atom stereocenters. The number of allylic oxidation sites excluding steroid dienone is 1. The normalized spacial score (nSPS) is 15.6. The van der Waals surface area contributed by atoms with Crippen molar-refractivity contribution in [2.45, 2.75) is 5.92 Å². The van der Waals surface area contributed by atoms with Crippen molar-refractivity contribution in [3.63, 3.8) is 0 Å². The van der Waals surface area contributed by atoms with Crippen LogP contribution in [0.4, 0.5) is 5.69 Å². The van der Waals surface area contributed by atoms with E-state index < -0.39 is 17.9 Å². The zero-order valence-electron chi connectivity index (χ0n) is 18.8. The van der Waals surface area contributed by atoms with Gasteiger partial charge in [-0.3, -0.25) is 4.90 Å². The van der Waals surface area contributed by atoms with Crippen molar-refractivity contribution >= 4 is 29.2 Å². The molecule has 2 N–H and O–H groups in total. The lowest BCUT2D eigenvalue weighted by Gasteiger charge is -2.36. The maximum absolute atomic E-state index is 13.2. The Bertz CT molecular complexity index is 1390. The lowest BCUT2D eigenvalue weighted by molar-refractivity contribution is -0.139. The van der Waals surface area contributed by atoms with E-state index in [0.29, 0.717) is 22.0 Å². The molecule has 0 saturated carbocycles. The van der Waals surface area contributed by atoms with Crippen LogP contribution >= 0.6 is 11.6 Å². The second-order valence-corrected chi connectivity index (χ2v) is 7.80. The third kappa shape index (κ3) is 4.00. The van der Waals surface area contributed by atoms with Crippen molar-refractivity contribution in [3.8, 4) is 11.8 Å². The van der Waals surface area contributed by atoms with Gasteiger partial charge in [0, 0.05) is 12.4 Å². The lowest BCUT2D eigenvalue weighted by atomic mass is 9.81. The van der Waals surface area contributed by atoms with Gasteiger partial charge in [0.25, 0.3) is 0 Å². The van der Waals surface area contributed by atoms with Crippen LogP contribution in [0.3, 0.4) is 0 Å². The average Bonchev–Trinajstić information content (AvgIpc) is 3.41. The van der Waals surface area contributed by atoms with Crippen LogP contribution in [-0.2, 0) is 19.1 Å². The van der Waals surface area contributed by atoms with Crippen molar-refractivity contribution in [2.75, 3.05) is 19.1 Å². The summed E-state index contributed by atoms with van der Waals surface area (Å²) in [6.07, 6.45) is 3.22. The van der Waals surface area contributed by atoms with Crippen LogP contribution in [0.1, 0.15) is 11.5 Å². The van der Waals surface area contributed by atoms with Crippen LogP contribution < -0.4 is 10.6 Å². The highest BCUT2D eigenvalue weighted by atomic mass is 35.5. The molecule has 35 heavy (non-hydrogen) atoms. The van der Waals surface area contributed by atoms with E-state index in [1.165, 1.54) is 23.8 Å². The monoisotopic (exact) mass is 489 g/mol. The first kappa shape index (κ1) is 23.6. The standard InChI is InChI=1S/C25H20ClN5O4/c1-34-24(32)20-19(15-8-4-3-5-9-15)16(14-27)23(28)31(22(20)25(33)35-2)18-11-6-10-17(26)21(18)30-13-7-12-29-30/h3-13,19H,28H2,1-2H3. The van der Waals surface area contributed by atoms with Gasteiger partial charge in [0.05, 0.1) is 48.1 Å². The molecular weight excluding hydrogens is 470 g/mol. The van der Waals surface area contributed by atoms with E-state index >= 15 is 0 Å². The van der Waals surface area contributed by atoms with Crippen LogP contribution in [0, 0.1) is 11.3 Å². The minimum absolute atomic E-state index is 0.0515. The topological polar surface area (TPSA) is 123 Å². The summed E-state index contributed by atoms with van der Waals surface area (Å²) in [4.78, 5) is 27.7. The van der Waals surface area contributed by atoms with Gasteiger partial charge in [0.2, 0.25) is 0 Å².